The molecule has 0 aliphatic rings. The number of fused-ring (bicyclic) bond motifs is 1. The number of para-hydroxylation sites is 1. The SMILES string of the molecule is Cl.O=C(NCc1cncc(F)c1)c1ccc(S(=O)(=O)n2cc(-c3ccccc3)c3ccccc32)cc1. The molecule has 2 aromatic heterocycles. The molecule has 0 aliphatic heterocycles. The topological polar surface area (TPSA) is 81.1 Å². The summed E-state index contributed by atoms with van der Waals surface area (Å²) in [4.78, 5) is 16.3. The first kappa shape index (κ1) is 25.1. The molecule has 5 aromatic rings. The van der Waals surface area contributed by atoms with Crippen molar-refractivity contribution >= 4 is 39.2 Å². The Kier molecular flexibility index (Phi) is 7.19. The fourth-order valence-electron chi connectivity index (χ4n) is 3.93. The number of pyridine rings is 1. The molecule has 9 heteroatoms. The maximum Gasteiger partial charge on any atom is 0.268 e. The lowest BCUT2D eigenvalue weighted by atomic mass is 10.1. The quantitative estimate of drug-likeness (QED) is 0.323. The van der Waals surface area contributed by atoms with Gasteiger partial charge < -0.3 is 5.32 Å². The van der Waals surface area contributed by atoms with Crippen molar-refractivity contribution in [2.45, 2.75) is 11.4 Å². The highest BCUT2D eigenvalue weighted by molar-refractivity contribution is 7.90. The summed E-state index contributed by atoms with van der Waals surface area (Å²) >= 11 is 0. The summed E-state index contributed by atoms with van der Waals surface area (Å²) in [5.74, 6) is -0.893. The van der Waals surface area contributed by atoms with E-state index in [0.29, 0.717) is 11.1 Å². The minimum absolute atomic E-state index is 0. The second kappa shape index (κ2) is 10.3. The van der Waals surface area contributed by atoms with E-state index in [1.54, 1.807) is 18.3 Å². The van der Waals surface area contributed by atoms with E-state index < -0.39 is 21.7 Å². The molecular weight excluding hydrogens is 501 g/mol. The molecule has 1 N–H and O–H groups in total. The summed E-state index contributed by atoms with van der Waals surface area (Å²) in [5.41, 5.74) is 3.10. The first-order valence-corrected chi connectivity index (χ1v) is 12.3. The normalized spacial score (nSPS) is 11.1. The summed E-state index contributed by atoms with van der Waals surface area (Å²) in [6, 6.07) is 23.9. The van der Waals surface area contributed by atoms with Crippen LogP contribution in [0.1, 0.15) is 15.9 Å². The average Bonchev–Trinajstić information content (AvgIpc) is 3.29. The molecule has 5 rings (SSSR count). The van der Waals surface area contributed by atoms with Crippen molar-refractivity contribution in [3.63, 3.8) is 0 Å². The van der Waals surface area contributed by atoms with Crippen LogP contribution in [0, 0.1) is 5.82 Å². The van der Waals surface area contributed by atoms with Gasteiger partial charge in [-0.1, -0.05) is 48.5 Å². The standard InChI is InChI=1S/C27H20FN3O3S.ClH/c28-22-14-19(15-29-17-22)16-30-27(32)21-10-12-23(13-11-21)35(33,34)31-18-25(20-6-2-1-3-7-20)24-8-4-5-9-26(24)31;/h1-15,17-18H,16H2,(H,30,32);1H. The highest BCUT2D eigenvalue weighted by Crippen LogP contribution is 2.32. The third-order valence-electron chi connectivity index (χ3n) is 5.65. The number of nitrogens with one attached hydrogen (secondary N) is 1. The maximum atomic E-state index is 13.5. The molecule has 36 heavy (non-hydrogen) atoms. The second-order valence-electron chi connectivity index (χ2n) is 7.95. The van der Waals surface area contributed by atoms with Crippen LogP contribution in [0.4, 0.5) is 4.39 Å². The molecule has 0 aliphatic carbocycles. The van der Waals surface area contributed by atoms with Crippen molar-refractivity contribution in [1.29, 1.82) is 0 Å². The third kappa shape index (κ3) is 4.86. The Morgan fingerprint density at radius 1 is 0.917 bits per heavy atom. The number of carbonyl (C=O) groups is 1. The molecule has 0 saturated carbocycles. The number of aromatic nitrogens is 2. The van der Waals surface area contributed by atoms with Gasteiger partial charge in [-0.2, -0.15) is 0 Å². The van der Waals surface area contributed by atoms with Gasteiger partial charge in [0.1, 0.15) is 5.82 Å². The average molecular weight is 522 g/mol. The lowest BCUT2D eigenvalue weighted by Crippen LogP contribution is -2.23. The van der Waals surface area contributed by atoms with E-state index in [4.69, 9.17) is 0 Å². The Hall–Kier alpha value is -4.01. The van der Waals surface area contributed by atoms with Crippen molar-refractivity contribution in [3.05, 3.63) is 120 Å². The summed E-state index contributed by atoms with van der Waals surface area (Å²) in [7, 11) is -3.92. The molecule has 1 amide bonds. The predicted molar refractivity (Wildman–Crippen MR) is 139 cm³/mol. The van der Waals surface area contributed by atoms with Crippen LogP contribution >= 0.6 is 12.4 Å². The van der Waals surface area contributed by atoms with Crippen molar-refractivity contribution < 1.29 is 17.6 Å². The van der Waals surface area contributed by atoms with Crippen LogP contribution in [0.15, 0.2) is 108 Å². The van der Waals surface area contributed by atoms with Gasteiger partial charge in [-0.25, -0.2) is 16.8 Å². The van der Waals surface area contributed by atoms with Crippen molar-refractivity contribution in [3.8, 4) is 11.1 Å². The zero-order valence-corrected chi connectivity index (χ0v) is 20.5. The van der Waals surface area contributed by atoms with Gasteiger partial charge in [-0.3, -0.25) is 9.78 Å². The Labute approximate surface area is 213 Å². The van der Waals surface area contributed by atoms with Gasteiger partial charge in [0, 0.05) is 35.5 Å². The lowest BCUT2D eigenvalue weighted by molar-refractivity contribution is 0.0950. The Bertz CT molecular complexity index is 1640. The third-order valence-corrected chi connectivity index (χ3v) is 7.34. The first-order valence-electron chi connectivity index (χ1n) is 10.8. The Morgan fingerprint density at radius 3 is 2.33 bits per heavy atom. The van der Waals surface area contributed by atoms with E-state index in [9.17, 15) is 17.6 Å². The van der Waals surface area contributed by atoms with Crippen molar-refractivity contribution in [1.82, 2.24) is 14.3 Å². The van der Waals surface area contributed by atoms with Gasteiger partial charge in [0.15, 0.2) is 0 Å². The van der Waals surface area contributed by atoms with E-state index >= 15 is 0 Å². The predicted octanol–water partition coefficient (Wildman–Crippen LogP) is 5.43. The number of amides is 1. The first-order chi connectivity index (χ1) is 16.9. The lowest BCUT2D eigenvalue weighted by Gasteiger charge is -2.09. The van der Waals surface area contributed by atoms with Gasteiger partial charge in [-0.05, 0) is 47.5 Å². The van der Waals surface area contributed by atoms with Crippen LogP contribution < -0.4 is 5.32 Å². The highest BCUT2D eigenvalue weighted by atomic mass is 35.5. The minimum Gasteiger partial charge on any atom is -0.348 e. The minimum atomic E-state index is -3.92. The van der Waals surface area contributed by atoms with Crippen LogP contribution in [0.25, 0.3) is 22.0 Å². The molecule has 0 unspecified atom stereocenters. The number of carbonyl (C=O) groups excluding carboxylic acids is 1. The molecule has 0 bridgehead atoms. The number of hydrogen-bond acceptors (Lipinski definition) is 4. The van der Waals surface area contributed by atoms with E-state index in [0.717, 1.165) is 22.7 Å². The summed E-state index contributed by atoms with van der Waals surface area (Å²) in [6.07, 6.45) is 4.17. The zero-order chi connectivity index (χ0) is 24.4. The summed E-state index contributed by atoms with van der Waals surface area (Å²) in [6.45, 7) is 0.0985. The van der Waals surface area contributed by atoms with Crippen LogP contribution in [0.2, 0.25) is 0 Å². The van der Waals surface area contributed by atoms with Crippen LogP contribution in [0.5, 0.6) is 0 Å². The van der Waals surface area contributed by atoms with Gasteiger partial charge in [-0.15, -0.1) is 12.4 Å². The number of nitrogens with zero attached hydrogens (tertiary/aromatic N) is 2. The van der Waals surface area contributed by atoms with Crippen LogP contribution in [-0.4, -0.2) is 23.3 Å². The molecule has 2 heterocycles. The number of hydrogen-bond donors (Lipinski definition) is 1. The number of halogens is 2. The summed E-state index contributed by atoms with van der Waals surface area (Å²) < 4.78 is 41.6. The van der Waals surface area contributed by atoms with Crippen LogP contribution in [-0.2, 0) is 16.6 Å². The molecule has 182 valence electrons. The van der Waals surface area contributed by atoms with E-state index in [1.807, 2.05) is 42.5 Å². The number of rotatable bonds is 6. The molecule has 0 atom stereocenters. The van der Waals surface area contributed by atoms with Gasteiger partial charge >= 0.3 is 0 Å². The van der Waals surface area contributed by atoms with E-state index in [1.165, 1.54) is 40.5 Å². The Balaban J connectivity index is 0.00000304. The largest absolute Gasteiger partial charge is 0.348 e. The maximum absolute atomic E-state index is 13.5. The number of benzene rings is 3. The fraction of sp³-hybridized carbons (Fsp3) is 0.0370. The molecule has 3 aromatic carbocycles. The van der Waals surface area contributed by atoms with Gasteiger partial charge in [0.2, 0.25) is 0 Å². The second-order valence-corrected chi connectivity index (χ2v) is 9.76. The zero-order valence-electron chi connectivity index (χ0n) is 18.8. The Morgan fingerprint density at radius 2 is 1.61 bits per heavy atom. The van der Waals surface area contributed by atoms with Crippen molar-refractivity contribution in [2.75, 3.05) is 0 Å². The smallest absolute Gasteiger partial charge is 0.268 e. The molecular formula is C27H21ClFN3O3S. The molecule has 0 saturated heterocycles. The monoisotopic (exact) mass is 521 g/mol. The van der Waals surface area contributed by atoms with E-state index in [-0.39, 0.29) is 29.4 Å². The van der Waals surface area contributed by atoms with Crippen molar-refractivity contribution in [2.24, 2.45) is 0 Å². The molecule has 6 nitrogen and oxygen atoms in total. The molecule has 0 radical (unpaired) electrons. The van der Waals surface area contributed by atoms with E-state index in [2.05, 4.69) is 10.3 Å². The molecule has 0 fully saturated rings. The van der Waals surface area contributed by atoms with Crippen LogP contribution in [0.3, 0.4) is 0 Å². The van der Waals surface area contributed by atoms with Gasteiger partial charge in [0.25, 0.3) is 15.9 Å². The summed E-state index contributed by atoms with van der Waals surface area (Å²) in [5, 5.41) is 3.50. The highest BCUT2D eigenvalue weighted by Gasteiger charge is 2.22. The fourth-order valence-corrected chi connectivity index (χ4v) is 5.29. The van der Waals surface area contributed by atoms with Gasteiger partial charge in [0.05, 0.1) is 16.6 Å². The molecule has 0 spiro atoms.